The van der Waals surface area contributed by atoms with Crippen molar-refractivity contribution in [3.8, 4) is 0 Å². The lowest BCUT2D eigenvalue weighted by Gasteiger charge is -2.00. The van der Waals surface area contributed by atoms with Gasteiger partial charge in [-0.1, -0.05) is 6.92 Å². The van der Waals surface area contributed by atoms with Gasteiger partial charge in [-0.2, -0.15) is 0 Å². The molecule has 8 nitrogen and oxygen atoms in total. The van der Waals surface area contributed by atoms with E-state index in [0.717, 1.165) is 0 Å². The highest BCUT2D eigenvalue weighted by molar-refractivity contribution is 7.46. The Labute approximate surface area is 74.7 Å². The predicted molar refractivity (Wildman–Crippen MR) is 42.6 cm³/mol. The molecule has 0 spiro atoms. The first-order valence-corrected chi connectivity index (χ1v) is 6.14. The molecule has 0 aliphatic rings. The summed E-state index contributed by atoms with van der Waals surface area (Å²) in [5, 5.41) is 0. The lowest BCUT2D eigenvalue weighted by atomic mass is 10.5. The van der Waals surface area contributed by atoms with E-state index in [2.05, 4.69) is 4.52 Å². The molecule has 0 amide bonds. The fraction of sp³-hybridized carbons (Fsp3) is 1.00. The first kappa shape index (κ1) is 15.7. The Bertz CT molecular complexity index is 193. The minimum absolute atomic E-state index is 0.115. The van der Waals surface area contributed by atoms with Gasteiger partial charge >= 0.3 is 15.6 Å². The Morgan fingerprint density at radius 3 is 1.46 bits per heavy atom. The summed E-state index contributed by atoms with van der Waals surface area (Å²) in [6, 6.07) is 0. The topological polar surface area (TPSA) is 145 Å². The Morgan fingerprint density at radius 1 is 1.08 bits per heavy atom. The summed E-state index contributed by atoms with van der Waals surface area (Å²) in [5.41, 5.74) is 0. The van der Waals surface area contributed by atoms with Crippen molar-refractivity contribution in [3.63, 3.8) is 0 Å². The summed E-state index contributed by atoms with van der Waals surface area (Å²) < 4.78 is 22.8. The zero-order valence-electron chi connectivity index (χ0n) is 6.77. The minimum Gasteiger partial charge on any atom is -0.303 e. The van der Waals surface area contributed by atoms with Crippen molar-refractivity contribution in [1.82, 2.24) is 0 Å². The van der Waals surface area contributed by atoms with Crippen LogP contribution in [-0.4, -0.2) is 31.1 Å². The molecule has 82 valence electrons. The van der Waals surface area contributed by atoms with Crippen molar-refractivity contribution < 1.29 is 38.1 Å². The molecule has 0 aromatic rings. The molecule has 0 bridgehead atoms. The van der Waals surface area contributed by atoms with Gasteiger partial charge in [0.1, 0.15) is 0 Å². The van der Waals surface area contributed by atoms with E-state index in [1.165, 1.54) is 0 Å². The second kappa shape index (κ2) is 6.64. The van der Waals surface area contributed by atoms with Crippen molar-refractivity contribution >= 4 is 15.6 Å². The summed E-state index contributed by atoms with van der Waals surface area (Å²) >= 11 is 0. The third-order valence-corrected chi connectivity index (χ3v) is 0.983. The number of hydrogen-bond donors (Lipinski definition) is 5. The number of rotatable bonds is 3. The van der Waals surface area contributed by atoms with Crippen molar-refractivity contribution in [2.45, 2.75) is 13.3 Å². The largest absolute Gasteiger partial charge is 0.469 e. The van der Waals surface area contributed by atoms with E-state index in [1.54, 1.807) is 6.92 Å². The summed E-state index contributed by atoms with van der Waals surface area (Å²) in [7, 11) is -8.82. The number of phosphoric ester groups is 1. The van der Waals surface area contributed by atoms with Crippen LogP contribution in [0.2, 0.25) is 0 Å². The van der Waals surface area contributed by atoms with Gasteiger partial charge in [-0.15, -0.1) is 0 Å². The first-order valence-electron chi connectivity index (χ1n) is 3.04. The van der Waals surface area contributed by atoms with Crippen molar-refractivity contribution in [1.29, 1.82) is 0 Å². The standard InChI is InChI=1S/C3H9O4P.H3O4P/c1-2-3-7-8(4,5)6;1-5(2,3)4/h2-3H2,1H3,(H2,4,5,6);(H3,1,2,3,4). The average molecular weight is 238 g/mol. The highest BCUT2D eigenvalue weighted by atomic mass is 31.2. The van der Waals surface area contributed by atoms with Gasteiger partial charge in [-0.3, -0.25) is 4.52 Å². The summed E-state index contributed by atoms with van der Waals surface area (Å²) in [4.78, 5) is 37.6. The van der Waals surface area contributed by atoms with E-state index in [0.29, 0.717) is 6.42 Å². The van der Waals surface area contributed by atoms with Gasteiger partial charge in [0, 0.05) is 0 Å². The highest BCUT2D eigenvalue weighted by Gasteiger charge is 2.11. The lowest BCUT2D eigenvalue weighted by Crippen LogP contribution is -1.88. The molecular weight excluding hydrogens is 226 g/mol. The van der Waals surface area contributed by atoms with Gasteiger partial charge in [-0.05, 0) is 6.42 Å². The van der Waals surface area contributed by atoms with Gasteiger partial charge in [0.15, 0.2) is 0 Å². The zero-order chi connectivity index (χ0) is 11.1. The van der Waals surface area contributed by atoms with Gasteiger partial charge in [0.05, 0.1) is 6.61 Å². The van der Waals surface area contributed by atoms with Crippen LogP contribution in [-0.2, 0) is 13.7 Å². The van der Waals surface area contributed by atoms with Crippen LogP contribution in [0.1, 0.15) is 13.3 Å². The van der Waals surface area contributed by atoms with Crippen LogP contribution >= 0.6 is 15.6 Å². The van der Waals surface area contributed by atoms with Gasteiger partial charge < -0.3 is 24.5 Å². The maximum atomic E-state index is 9.86. The molecule has 0 saturated carbocycles. The molecule has 5 N–H and O–H groups in total. The van der Waals surface area contributed by atoms with E-state index >= 15 is 0 Å². The SMILES string of the molecule is CCCOP(=O)(O)O.O=P(O)(O)O. The van der Waals surface area contributed by atoms with Crippen LogP contribution in [0.25, 0.3) is 0 Å². The second-order valence-electron chi connectivity index (χ2n) is 1.84. The fourth-order valence-electron chi connectivity index (χ4n) is 0.210. The van der Waals surface area contributed by atoms with Crippen molar-refractivity contribution in [2.75, 3.05) is 6.61 Å². The van der Waals surface area contributed by atoms with Crippen LogP contribution in [0, 0.1) is 0 Å². The molecule has 0 aliphatic carbocycles. The van der Waals surface area contributed by atoms with E-state index in [-0.39, 0.29) is 6.61 Å². The molecule has 10 heteroatoms. The van der Waals surface area contributed by atoms with Crippen LogP contribution in [0.4, 0.5) is 0 Å². The van der Waals surface area contributed by atoms with E-state index in [4.69, 9.17) is 29.0 Å². The summed E-state index contributed by atoms with van der Waals surface area (Å²) in [6.45, 7) is 1.89. The van der Waals surface area contributed by atoms with Gasteiger partial charge in [0.25, 0.3) is 0 Å². The van der Waals surface area contributed by atoms with Crippen LogP contribution in [0.3, 0.4) is 0 Å². The van der Waals surface area contributed by atoms with E-state index < -0.39 is 15.6 Å². The Kier molecular flexibility index (Phi) is 8.01. The zero-order valence-corrected chi connectivity index (χ0v) is 8.56. The normalized spacial score (nSPS) is 11.8. The lowest BCUT2D eigenvalue weighted by molar-refractivity contribution is 0.197. The second-order valence-corrected chi connectivity index (χ2v) is 4.10. The molecule has 0 unspecified atom stereocenters. The molecule has 0 aliphatic heterocycles. The first-order chi connectivity index (χ1) is 5.56. The quantitative estimate of drug-likeness (QED) is 0.416. The molecule has 0 rings (SSSR count). The maximum absolute atomic E-state index is 9.86. The molecule has 0 aromatic carbocycles. The smallest absolute Gasteiger partial charge is 0.303 e. The Morgan fingerprint density at radius 2 is 1.38 bits per heavy atom. The summed E-state index contributed by atoms with van der Waals surface area (Å²) in [6.07, 6.45) is 0.616. The summed E-state index contributed by atoms with van der Waals surface area (Å²) in [5.74, 6) is 0. The molecule has 0 heterocycles. The number of hydrogen-bond acceptors (Lipinski definition) is 3. The molecule has 0 fully saturated rings. The molecule has 0 aromatic heterocycles. The molecule has 0 radical (unpaired) electrons. The van der Waals surface area contributed by atoms with Crippen molar-refractivity contribution in [2.24, 2.45) is 0 Å². The van der Waals surface area contributed by atoms with E-state index in [9.17, 15) is 4.57 Å². The third-order valence-electron chi connectivity index (χ3n) is 0.464. The molecule has 13 heavy (non-hydrogen) atoms. The number of phosphoric acid groups is 2. The van der Waals surface area contributed by atoms with Crippen LogP contribution < -0.4 is 0 Å². The minimum atomic E-state index is -4.64. The average Bonchev–Trinajstić information content (AvgIpc) is 1.77. The molecule has 0 atom stereocenters. The van der Waals surface area contributed by atoms with Crippen molar-refractivity contribution in [3.05, 3.63) is 0 Å². The predicted octanol–water partition coefficient (Wildman–Crippen LogP) is -0.423. The van der Waals surface area contributed by atoms with Gasteiger partial charge in [-0.25, -0.2) is 9.13 Å². The Hall–Kier alpha value is 0.220. The molecular formula is C3H12O8P2. The Balaban J connectivity index is 0. The molecule has 0 saturated heterocycles. The van der Waals surface area contributed by atoms with Crippen LogP contribution in [0.5, 0.6) is 0 Å². The van der Waals surface area contributed by atoms with E-state index in [1.807, 2.05) is 0 Å². The highest BCUT2D eigenvalue weighted by Crippen LogP contribution is 2.35. The third kappa shape index (κ3) is 46.8. The monoisotopic (exact) mass is 238 g/mol. The van der Waals surface area contributed by atoms with Crippen LogP contribution in [0.15, 0.2) is 0 Å². The maximum Gasteiger partial charge on any atom is 0.469 e. The van der Waals surface area contributed by atoms with Gasteiger partial charge in [0.2, 0.25) is 0 Å². The fourth-order valence-corrected chi connectivity index (χ4v) is 0.631.